The van der Waals surface area contributed by atoms with Crippen molar-refractivity contribution in [3.05, 3.63) is 70.8 Å². The summed E-state index contributed by atoms with van der Waals surface area (Å²) in [5.74, 6) is -0.859. The quantitative estimate of drug-likeness (QED) is 0.771. The number of primary amides is 1. The Labute approximate surface area is 147 Å². The Hall–Kier alpha value is -2.86. The Morgan fingerprint density at radius 3 is 2.28 bits per heavy atom. The molecule has 6 nitrogen and oxygen atoms in total. The lowest BCUT2D eigenvalue weighted by molar-refractivity contribution is 0.0696. The van der Waals surface area contributed by atoms with Crippen LogP contribution in [-0.2, 0) is 11.2 Å². The molecule has 0 aliphatic heterocycles. The number of carbonyl (C=O) groups excluding carboxylic acids is 1. The molecule has 0 aliphatic carbocycles. The summed E-state index contributed by atoms with van der Waals surface area (Å²) in [5.41, 5.74) is 13.9. The summed E-state index contributed by atoms with van der Waals surface area (Å²) in [7, 11) is 0. The molecule has 0 aliphatic rings. The molecular formula is C19H24N2O4. The van der Waals surface area contributed by atoms with Crippen LogP contribution in [0.25, 0.3) is 0 Å². The summed E-state index contributed by atoms with van der Waals surface area (Å²) in [6, 6.07) is 14.9. The maximum absolute atomic E-state index is 10.5. The zero-order valence-electron chi connectivity index (χ0n) is 14.4. The van der Waals surface area contributed by atoms with Gasteiger partial charge in [0.05, 0.1) is 5.56 Å². The normalized spacial score (nSPS) is 11.0. The highest BCUT2D eigenvalue weighted by Crippen LogP contribution is 2.09. The van der Waals surface area contributed by atoms with Crippen molar-refractivity contribution in [2.45, 2.75) is 26.3 Å². The minimum absolute atomic E-state index is 0.157. The second-order valence-electron chi connectivity index (χ2n) is 5.70. The van der Waals surface area contributed by atoms with E-state index in [2.05, 4.69) is 4.74 Å². The number of rotatable bonds is 5. The first-order valence-corrected chi connectivity index (χ1v) is 7.82. The number of hydrogen-bond acceptors (Lipinski definition) is 4. The highest BCUT2D eigenvalue weighted by Gasteiger charge is 2.06. The van der Waals surface area contributed by atoms with Crippen molar-refractivity contribution < 1.29 is 19.4 Å². The van der Waals surface area contributed by atoms with Gasteiger partial charge in [-0.1, -0.05) is 48.0 Å². The van der Waals surface area contributed by atoms with E-state index >= 15 is 0 Å². The van der Waals surface area contributed by atoms with E-state index in [0.29, 0.717) is 12.0 Å². The number of hydrogen-bond donors (Lipinski definition) is 3. The lowest BCUT2D eigenvalue weighted by Crippen LogP contribution is -2.31. The van der Waals surface area contributed by atoms with Gasteiger partial charge in [-0.25, -0.2) is 9.59 Å². The monoisotopic (exact) mass is 344 g/mol. The molecule has 1 amide bonds. The van der Waals surface area contributed by atoms with Crippen LogP contribution in [0, 0.1) is 13.8 Å². The third-order valence-electron chi connectivity index (χ3n) is 3.39. The first-order valence-electron chi connectivity index (χ1n) is 7.82. The SMILES string of the molecule is Cc1ccc(C(=O)O)c(C)c1.NC(=O)OCC(N)Cc1ccccc1. The van der Waals surface area contributed by atoms with Crippen LogP contribution in [0.5, 0.6) is 0 Å². The van der Waals surface area contributed by atoms with Crippen molar-refractivity contribution in [1.29, 1.82) is 0 Å². The molecule has 0 saturated carbocycles. The van der Waals surface area contributed by atoms with E-state index in [1.165, 1.54) is 0 Å². The summed E-state index contributed by atoms with van der Waals surface area (Å²) in [4.78, 5) is 20.8. The van der Waals surface area contributed by atoms with Crippen LogP contribution < -0.4 is 11.5 Å². The first-order chi connectivity index (χ1) is 11.8. The Morgan fingerprint density at radius 1 is 1.12 bits per heavy atom. The lowest BCUT2D eigenvalue weighted by Gasteiger charge is -2.10. The first kappa shape index (κ1) is 20.2. The molecule has 5 N–H and O–H groups in total. The van der Waals surface area contributed by atoms with Crippen LogP contribution in [0.15, 0.2) is 48.5 Å². The number of ether oxygens (including phenoxy) is 1. The molecule has 0 aromatic heterocycles. The molecule has 0 radical (unpaired) electrons. The van der Waals surface area contributed by atoms with Crippen molar-refractivity contribution in [1.82, 2.24) is 0 Å². The molecule has 0 spiro atoms. The van der Waals surface area contributed by atoms with E-state index < -0.39 is 12.1 Å². The van der Waals surface area contributed by atoms with Gasteiger partial charge in [0.15, 0.2) is 0 Å². The molecule has 1 atom stereocenters. The predicted octanol–water partition coefficient (Wildman–Crippen LogP) is 2.65. The highest BCUT2D eigenvalue weighted by atomic mass is 16.5. The van der Waals surface area contributed by atoms with Crippen molar-refractivity contribution >= 4 is 12.1 Å². The Kier molecular flexibility index (Phi) is 8.15. The second kappa shape index (κ2) is 10.1. The molecule has 0 bridgehead atoms. The third kappa shape index (κ3) is 7.99. The number of aryl methyl sites for hydroxylation is 2. The molecule has 0 saturated heterocycles. The fourth-order valence-electron chi connectivity index (χ4n) is 2.22. The number of nitrogens with two attached hydrogens (primary N) is 2. The van der Waals surface area contributed by atoms with Crippen LogP contribution in [-0.4, -0.2) is 29.8 Å². The maximum Gasteiger partial charge on any atom is 0.404 e. The predicted molar refractivity (Wildman–Crippen MR) is 96.5 cm³/mol. The molecule has 134 valence electrons. The zero-order valence-corrected chi connectivity index (χ0v) is 14.4. The van der Waals surface area contributed by atoms with Crippen LogP contribution in [0.3, 0.4) is 0 Å². The average molecular weight is 344 g/mol. The highest BCUT2D eigenvalue weighted by molar-refractivity contribution is 5.89. The van der Waals surface area contributed by atoms with Crippen molar-refractivity contribution in [3.8, 4) is 0 Å². The number of aromatic carboxylic acids is 1. The standard InChI is InChI=1S/C10H14N2O2.C9H10O2/c11-9(7-14-10(12)13)6-8-4-2-1-3-5-8;1-6-3-4-8(9(10)11)7(2)5-6/h1-5,9H,6-7,11H2,(H2,12,13);3-5H,1-2H3,(H,10,11). The maximum atomic E-state index is 10.5. The Bertz CT molecular complexity index is 702. The molecule has 0 heterocycles. The summed E-state index contributed by atoms with van der Waals surface area (Å²) in [5, 5.41) is 8.66. The summed E-state index contributed by atoms with van der Waals surface area (Å²) in [6.45, 7) is 3.90. The minimum atomic E-state index is -0.859. The van der Waals surface area contributed by atoms with E-state index in [0.717, 1.165) is 16.7 Å². The number of carbonyl (C=O) groups is 2. The fraction of sp³-hybridized carbons (Fsp3) is 0.263. The van der Waals surface area contributed by atoms with Gasteiger partial charge in [-0.05, 0) is 37.5 Å². The van der Waals surface area contributed by atoms with Crippen LogP contribution >= 0.6 is 0 Å². The smallest absolute Gasteiger partial charge is 0.404 e. The van der Waals surface area contributed by atoms with Gasteiger partial charge in [0.1, 0.15) is 6.61 Å². The van der Waals surface area contributed by atoms with Gasteiger partial charge >= 0.3 is 12.1 Å². The van der Waals surface area contributed by atoms with Crippen molar-refractivity contribution in [3.63, 3.8) is 0 Å². The van der Waals surface area contributed by atoms with E-state index in [9.17, 15) is 9.59 Å². The number of amides is 1. The molecule has 1 unspecified atom stereocenters. The van der Waals surface area contributed by atoms with Crippen LogP contribution in [0.4, 0.5) is 4.79 Å². The molecule has 25 heavy (non-hydrogen) atoms. The van der Waals surface area contributed by atoms with Gasteiger partial charge in [0, 0.05) is 6.04 Å². The van der Waals surface area contributed by atoms with E-state index in [1.54, 1.807) is 19.1 Å². The molecular weight excluding hydrogens is 320 g/mol. The van der Waals surface area contributed by atoms with Gasteiger partial charge < -0.3 is 21.3 Å². The topological polar surface area (TPSA) is 116 Å². The van der Waals surface area contributed by atoms with E-state index in [-0.39, 0.29) is 12.6 Å². The van der Waals surface area contributed by atoms with Gasteiger partial charge in [0.25, 0.3) is 0 Å². The summed E-state index contributed by atoms with van der Waals surface area (Å²) < 4.78 is 4.59. The number of carboxylic acids is 1. The largest absolute Gasteiger partial charge is 0.478 e. The van der Waals surface area contributed by atoms with E-state index in [4.69, 9.17) is 16.6 Å². The van der Waals surface area contributed by atoms with Crippen molar-refractivity contribution in [2.24, 2.45) is 11.5 Å². The fourth-order valence-corrected chi connectivity index (χ4v) is 2.22. The van der Waals surface area contributed by atoms with Gasteiger partial charge in [0.2, 0.25) is 0 Å². The second-order valence-corrected chi connectivity index (χ2v) is 5.70. The summed E-state index contributed by atoms with van der Waals surface area (Å²) in [6.07, 6.45) is -0.109. The molecule has 2 aromatic rings. The zero-order chi connectivity index (χ0) is 18.8. The van der Waals surface area contributed by atoms with Gasteiger partial charge in [-0.2, -0.15) is 0 Å². The Morgan fingerprint density at radius 2 is 1.76 bits per heavy atom. The number of benzene rings is 2. The van der Waals surface area contributed by atoms with Crippen LogP contribution in [0.1, 0.15) is 27.0 Å². The van der Waals surface area contributed by atoms with Crippen molar-refractivity contribution in [2.75, 3.05) is 6.61 Å². The van der Waals surface area contributed by atoms with Gasteiger partial charge in [-0.3, -0.25) is 0 Å². The molecule has 2 rings (SSSR count). The third-order valence-corrected chi connectivity index (χ3v) is 3.39. The lowest BCUT2D eigenvalue weighted by atomic mass is 10.1. The molecule has 0 fully saturated rings. The average Bonchev–Trinajstić information content (AvgIpc) is 2.54. The molecule has 6 heteroatoms. The summed E-state index contributed by atoms with van der Waals surface area (Å²) >= 11 is 0. The van der Waals surface area contributed by atoms with E-state index in [1.807, 2.05) is 43.3 Å². The van der Waals surface area contributed by atoms with Gasteiger partial charge in [-0.15, -0.1) is 0 Å². The minimum Gasteiger partial charge on any atom is -0.478 e. The van der Waals surface area contributed by atoms with Crippen LogP contribution in [0.2, 0.25) is 0 Å². The number of carboxylic acid groups (broad SMARTS) is 1. The molecule has 2 aromatic carbocycles. The Balaban J connectivity index is 0.000000257.